The number of nitrogens with zero attached hydrogens (tertiary/aromatic N) is 4. The highest BCUT2D eigenvalue weighted by Gasteiger charge is 2.23. The number of benzene rings is 3. The molecule has 31 heavy (non-hydrogen) atoms. The molecule has 4 heteroatoms. The van der Waals surface area contributed by atoms with Gasteiger partial charge in [0.2, 0.25) is 0 Å². The van der Waals surface area contributed by atoms with Crippen LogP contribution in [0.25, 0.3) is 0 Å². The third-order valence-electron chi connectivity index (χ3n) is 6.21. The van der Waals surface area contributed by atoms with Crippen LogP contribution in [-0.2, 0) is 19.3 Å². The van der Waals surface area contributed by atoms with E-state index in [4.69, 9.17) is 15.0 Å². The molecule has 0 aliphatic carbocycles. The maximum Gasteiger partial charge on any atom is 0.0665 e. The highest BCUT2D eigenvalue weighted by atomic mass is 15.1. The second kappa shape index (κ2) is 7.71. The first-order valence-corrected chi connectivity index (χ1v) is 11.0. The molecule has 3 aliphatic rings. The first-order chi connectivity index (χ1) is 15.3. The van der Waals surface area contributed by atoms with Gasteiger partial charge in [-0.3, -0.25) is 19.9 Å². The molecule has 0 N–H and O–H groups in total. The van der Waals surface area contributed by atoms with Gasteiger partial charge in [0.1, 0.15) is 0 Å². The first kappa shape index (κ1) is 18.4. The molecule has 152 valence electrons. The zero-order valence-electron chi connectivity index (χ0n) is 17.5. The Morgan fingerprint density at radius 2 is 0.806 bits per heavy atom. The molecule has 0 fully saturated rings. The third-order valence-corrected chi connectivity index (χ3v) is 6.21. The van der Waals surface area contributed by atoms with Crippen LogP contribution in [0.3, 0.4) is 0 Å². The second-order valence-electron chi connectivity index (χ2n) is 8.60. The summed E-state index contributed by atoms with van der Waals surface area (Å²) in [5.74, 6) is 0. The van der Waals surface area contributed by atoms with E-state index in [9.17, 15) is 0 Å². The summed E-state index contributed by atoms with van der Waals surface area (Å²) in [5, 5.41) is 0. The summed E-state index contributed by atoms with van der Waals surface area (Å²) in [6, 6.07) is 25.4. The minimum absolute atomic E-state index is 0.847. The molecular formula is C27H24N4. The van der Waals surface area contributed by atoms with E-state index in [0.29, 0.717) is 0 Å². The van der Waals surface area contributed by atoms with E-state index in [2.05, 4.69) is 77.7 Å². The van der Waals surface area contributed by atoms with Crippen molar-refractivity contribution in [1.82, 2.24) is 4.90 Å². The van der Waals surface area contributed by atoms with Crippen molar-refractivity contribution in [2.75, 3.05) is 19.6 Å². The van der Waals surface area contributed by atoms with E-state index in [0.717, 1.165) is 56.0 Å². The standard InChI is InChI=1S/C27H24N4/c1-4-10-25-19(7-1)13-22(28-25)16-31(17-23-14-20-8-2-5-11-26(20)29-23)18-24-15-21-9-3-6-12-27(21)30-24/h1-12H,13-18H2. The lowest BCUT2D eigenvalue weighted by atomic mass is 10.1. The van der Waals surface area contributed by atoms with Crippen molar-refractivity contribution in [3.8, 4) is 0 Å². The Morgan fingerprint density at radius 1 is 0.484 bits per heavy atom. The van der Waals surface area contributed by atoms with E-state index >= 15 is 0 Å². The van der Waals surface area contributed by atoms with E-state index in [1.165, 1.54) is 33.8 Å². The maximum absolute atomic E-state index is 4.91. The predicted octanol–water partition coefficient (Wildman–Crippen LogP) is 5.27. The van der Waals surface area contributed by atoms with Gasteiger partial charge in [-0.05, 0) is 34.9 Å². The zero-order chi connectivity index (χ0) is 20.6. The van der Waals surface area contributed by atoms with Gasteiger partial charge in [0.25, 0.3) is 0 Å². The molecule has 6 rings (SSSR count). The summed E-state index contributed by atoms with van der Waals surface area (Å²) in [5.41, 5.74) is 11.0. The molecule has 3 heterocycles. The summed E-state index contributed by atoms with van der Waals surface area (Å²) in [7, 11) is 0. The Labute approximate surface area is 182 Å². The van der Waals surface area contributed by atoms with Crippen molar-refractivity contribution in [3.05, 3.63) is 89.5 Å². The highest BCUT2D eigenvalue weighted by molar-refractivity contribution is 6.00. The Balaban J connectivity index is 1.22. The van der Waals surface area contributed by atoms with Crippen molar-refractivity contribution < 1.29 is 0 Å². The number of fused-ring (bicyclic) bond motifs is 3. The SMILES string of the molecule is c1ccc2c(c1)CC(CN(CC1=Nc3ccccc3C1)CC1=Nc3ccccc3C1)=N2. The fourth-order valence-electron chi connectivity index (χ4n) is 4.81. The molecule has 0 amide bonds. The molecule has 0 aromatic heterocycles. The average molecular weight is 405 g/mol. The largest absolute Gasteiger partial charge is 0.287 e. The van der Waals surface area contributed by atoms with Gasteiger partial charge in [0, 0.05) is 56.0 Å². The first-order valence-electron chi connectivity index (χ1n) is 11.0. The van der Waals surface area contributed by atoms with Gasteiger partial charge in [0.05, 0.1) is 17.1 Å². The molecule has 0 bridgehead atoms. The third kappa shape index (κ3) is 3.75. The summed E-state index contributed by atoms with van der Waals surface area (Å²) >= 11 is 0. The van der Waals surface area contributed by atoms with E-state index in [1.807, 2.05) is 0 Å². The van der Waals surface area contributed by atoms with Crippen LogP contribution in [0.1, 0.15) is 16.7 Å². The zero-order valence-corrected chi connectivity index (χ0v) is 17.5. The van der Waals surface area contributed by atoms with Crippen LogP contribution in [0.4, 0.5) is 17.1 Å². The van der Waals surface area contributed by atoms with Crippen molar-refractivity contribution in [2.45, 2.75) is 19.3 Å². The fourth-order valence-corrected chi connectivity index (χ4v) is 4.81. The normalized spacial score (nSPS) is 16.0. The van der Waals surface area contributed by atoms with Crippen molar-refractivity contribution in [2.24, 2.45) is 15.0 Å². The molecule has 4 nitrogen and oxygen atoms in total. The Hall–Kier alpha value is -3.37. The highest BCUT2D eigenvalue weighted by Crippen LogP contribution is 2.29. The molecule has 0 atom stereocenters. The quantitative estimate of drug-likeness (QED) is 0.551. The van der Waals surface area contributed by atoms with Gasteiger partial charge in [-0.1, -0.05) is 54.6 Å². The summed E-state index contributed by atoms with van der Waals surface area (Å²) < 4.78 is 0. The molecule has 0 radical (unpaired) electrons. The van der Waals surface area contributed by atoms with Gasteiger partial charge in [-0.2, -0.15) is 0 Å². The van der Waals surface area contributed by atoms with Gasteiger partial charge in [-0.25, -0.2) is 0 Å². The minimum atomic E-state index is 0.847. The van der Waals surface area contributed by atoms with Gasteiger partial charge in [0.15, 0.2) is 0 Å². The minimum Gasteiger partial charge on any atom is -0.287 e. The molecule has 0 saturated heterocycles. The molecule has 3 aromatic rings. The molecule has 0 spiro atoms. The van der Waals surface area contributed by atoms with Crippen molar-refractivity contribution in [3.63, 3.8) is 0 Å². The summed E-state index contributed by atoms with van der Waals surface area (Å²) in [6.45, 7) is 2.54. The van der Waals surface area contributed by atoms with Gasteiger partial charge < -0.3 is 0 Å². The van der Waals surface area contributed by atoms with Crippen LogP contribution in [-0.4, -0.2) is 41.7 Å². The van der Waals surface area contributed by atoms with Crippen LogP contribution in [0.2, 0.25) is 0 Å². The van der Waals surface area contributed by atoms with Gasteiger partial charge >= 0.3 is 0 Å². The molecule has 0 unspecified atom stereocenters. The maximum atomic E-state index is 4.91. The van der Waals surface area contributed by atoms with E-state index in [1.54, 1.807) is 0 Å². The van der Waals surface area contributed by atoms with Crippen LogP contribution in [0.15, 0.2) is 87.8 Å². The molecule has 0 saturated carbocycles. The number of hydrogen-bond acceptors (Lipinski definition) is 4. The lowest BCUT2D eigenvalue weighted by Crippen LogP contribution is -2.38. The Kier molecular flexibility index (Phi) is 4.58. The molecule has 3 aliphatic heterocycles. The summed E-state index contributed by atoms with van der Waals surface area (Å²) in [4.78, 5) is 17.2. The lowest BCUT2D eigenvalue weighted by molar-refractivity contribution is 0.402. The van der Waals surface area contributed by atoms with Crippen molar-refractivity contribution >= 4 is 34.2 Å². The molecular weight excluding hydrogens is 380 g/mol. The number of rotatable bonds is 6. The van der Waals surface area contributed by atoms with Crippen molar-refractivity contribution in [1.29, 1.82) is 0 Å². The van der Waals surface area contributed by atoms with Crippen LogP contribution < -0.4 is 0 Å². The van der Waals surface area contributed by atoms with Crippen LogP contribution in [0.5, 0.6) is 0 Å². The smallest absolute Gasteiger partial charge is 0.0665 e. The van der Waals surface area contributed by atoms with Crippen LogP contribution >= 0.6 is 0 Å². The van der Waals surface area contributed by atoms with Crippen LogP contribution in [0, 0.1) is 0 Å². The topological polar surface area (TPSA) is 40.3 Å². The number of aliphatic imine (C=N–C) groups is 3. The van der Waals surface area contributed by atoms with E-state index in [-0.39, 0.29) is 0 Å². The average Bonchev–Trinajstić information content (AvgIpc) is 3.48. The monoisotopic (exact) mass is 404 g/mol. The fraction of sp³-hybridized carbons (Fsp3) is 0.222. The molecule has 3 aromatic carbocycles. The Morgan fingerprint density at radius 3 is 1.13 bits per heavy atom. The Bertz CT molecular complexity index is 1100. The predicted molar refractivity (Wildman–Crippen MR) is 128 cm³/mol. The lowest BCUT2D eigenvalue weighted by Gasteiger charge is -2.22. The number of para-hydroxylation sites is 3. The second-order valence-corrected chi connectivity index (χ2v) is 8.60. The van der Waals surface area contributed by atoms with E-state index < -0.39 is 0 Å². The van der Waals surface area contributed by atoms with Gasteiger partial charge in [-0.15, -0.1) is 0 Å². The number of hydrogen-bond donors (Lipinski definition) is 0. The summed E-state index contributed by atoms with van der Waals surface area (Å²) in [6.07, 6.45) is 2.81.